The summed E-state index contributed by atoms with van der Waals surface area (Å²) in [6.45, 7) is 1.95. The zero-order valence-electron chi connectivity index (χ0n) is 14.8. The standard InChI is InChI=1S/C17H20ClN5O4/c1-21-7-4-12(5-8-21)19-17(24)15-6-9-22(20-15)11-27-16-3-2-13(23(25)26)10-14(16)18/h2-3,6,9-10,12H,4-5,7-8,11H2,1H3,(H,19,24). The molecular weight excluding hydrogens is 374 g/mol. The summed E-state index contributed by atoms with van der Waals surface area (Å²) in [5.41, 5.74) is 0.201. The molecule has 144 valence electrons. The van der Waals surface area contributed by atoms with Crippen LogP contribution in [0.5, 0.6) is 5.75 Å². The highest BCUT2D eigenvalue weighted by Gasteiger charge is 2.20. The normalized spacial score (nSPS) is 15.5. The van der Waals surface area contributed by atoms with Crippen molar-refractivity contribution in [3.8, 4) is 5.75 Å². The number of hydrogen-bond donors (Lipinski definition) is 1. The Morgan fingerprint density at radius 2 is 2.15 bits per heavy atom. The lowest BCUT2D eigenvalue weighted by Gasteiger charge is -2.29. The Kier molecular flexibility index (Phi) is 5.92. The van der Waals surface area contributed by atoms with E-state index in [-0.39, 0.29) is 29.4 Å². The number of hydrogen-bond acceptors (Lipinski definition) is 6. The summed E-state index contributed by atoms with van der Waals surface area (Å²) in [7, 11) is 2.07. The van der Waals surface area contributed by atoms with Crippen LogP contribution in [0.2, 0.25) is 5.02 Å². The SMILES string of the molecule is CN1CCC(NC(=O)c2ccn(COc3ccc([N+](=O)[O-])cc3Cl)n2)CC1. The third-order valence-corrected chi connectivity index (χ3v) is 4.70. The lowest BCUT2D eigenvalue weighted by atomic mass is 10.1. The molecule has 1 fully saturated rings. The summed E-state index contributed by atoms with van der Waals surface area (Å²) in [6, 6.07) is 5.74. The van der Waals surface area contributed by atoms with Crippen molar-refractivity contribution in [3.05, 3.63) is 51.3 Å². The summed E-state index contributed by atoms with van der Waals surface area (Å²) >= 11 is 5.99. The van der Waals surface area contributed by atoms with Crippen molar-refractivity contribution in [2.75, 3.05) is 20.1 Å². The number of rotatable bonds is 6. The molecule has 3 rings (SSSR count). The quantitative estimate of drug-likeness (QED) is 0.596. The van der Waals surface area contributed by atoms with E-state index in [0.29, 0.717) is 11.4 Å². The van der Waals surface area contributed by atoms with Crippen molar-refractivity contribution in [1.82, 2.24) is 20.0 Å². The second kappa shape index (κ2) is 8.36. The molecule has 1 aromatic heterocycles. The van der Waals surface area contributed by atoms with E-state index < -0.39 is 4.92 Å². The van der Waals surface area contributed by atoms with Gasteiger partial charge in [0.2, 0.25) is 0 Å². The predicted octanol–water partition coefficient (Wildman–Crippen LogP) is 2.31. The minimum Gasteiger partial charge on any atom is -0.470 e. The Bertz CT molecular complexity index is 832. The summed E-state index contributed by atoms with van der Waals surface area (Å²) in [4.78, 5) is 24.7. The van der Waals surface area contributed by atoms with Gasteiger partial charge in [0.1, 0.15) is 11.4 Å². The molecule has 27 heavy (non-hydrogen) atoms. The third kappa shape index (κ3) is 4.95. The zero-order valence-corrected chi connectivity index (χ0v) is 15.6. The van der Waals surface area contributed by atoms with E-state index in [1.807, 2.05) is 0 Å². The van der Waals surface area contributed by atoms with Gasteiger partial charge in [-0.15, -0.1) is 0 Å². The van der Waals surface area contributed by atoms with Crippen LogP contribution in [0.3, 0.4) is 0 Å². The maximum absolute atomic E-state index is 12.3. The molecule has 0 aliphatic carbocycles. The molecule has 0 saturated carbocycles. The van der Waals surface area contributed by atoms with Gasteiger partial charge < -0.3 is 15.0 Å². The summed E-state index contributed by atoms with van der Waals surface area (Å²) in [6.07, 6.45) is 3.47. The van der Waals surface area contributed by atoms with E-state index in [4.69, 9.17) is 16.3 Å². The molecule has 0 bridgehead atoms. The molecule has 1 aliphatic heterocycles. The molecule has 10 heteroatoms. The van der Waals surface area contributed by atoms with Crippen LogP contribution in [0.4, 0.5) is 5.69 Å². The maximum Gasteiger partial charge on any atom is 0.271 e. The fourth-order valence-corrected chi connectivity index (χ4v) is 3.05. The van der Waals surface area contributed by atoms with Crippen LogP contribution in [0, 0.1) is 10.1 Å². The number of nitrogens with zero attached hydrogens (tertiary/aromatic N) is 4. The largest absolute Gasteiger partial charge is 0.470 e. The van der Waals surface area contributed by atoms with Crippen LogP contribution in [0.15, 0.2) is 30.5 Å². The van der Waals surface area contributed by atoms with Gasteiger partial charge in [0.25, 0.3) is 11.6 Å². The van der Waals surface area contributed by atoms with E-state index >= 15 is 0 Å². The number of non-ortho nitro benzene ring substituents is 1. The van der Waals surface area contributed by atoms with Gasteiger partial charge in [-0.3, -0.25) is 14.9 Å². The van der Waals surface area contributed by atoms with Gasteiger partial charge in [0, 0.05) is 24.4 Å². The summed E-state index contributed by atoms with van der Waals surface area (Å²) in [5, 5.41) is 18.1. The van der Waals surface area contributed by atoms with Crippen molar-refractivity contribution in [3.63, 3.8) is 0 Å². The molecule has 0 spiro atoms. The molecule has 0 unspecified atom stereocenters. The monoisotopic (exact) mass is 393 g/mol. The molecule has 1 N–H and O–H groups in total. The second-order valence-electron chi connectivity index (χ2n) is 6.44. The van der Waals surface area contributed by atoms with Crippen LogP contribution < -0.4 is 10.1 Å². The number of carbonyl (C=O) groups is 1. The van der Waals surface area contributed by atoms with Gasteiger partial charge in [0.05, 0.1) is 9.95 Å². The molecule has 1 amide bonds. The maximum atomic E-state index is 12.3. The molecule has 1 aromatic carbocycles. The fraction of sp³-hybridized carbons (Fsp3) is 0.412. The number of ether oxygens (including phenoxy) is 1. The molecule has 0 radical (unpaired) electrons. The molecule has 0 atom stereocenters. The van der Waals surface area contributed by atoms with Crippen LogP contribution >= 0.6 is 11.6 Å². The fourth-order valence-electron chi connectivity index (χ4n) is 2.82. The lowest BCUT2D eigenvalue weighted by molar-refractivity contribution is -0.384. The number of aromatic nitrogens is 2. The molecule has 1 saturated heterocycles. The first kappa shape index (κ1) is 19.1. The average Bonchev–Trinajstić information content (AvgIpc) is 3.11. The number of nitro benzene ring substituents is 1. The number of likely N-dealkylation sites (tertiary alicyclic amines) is 1. The molecule has 2 aromatic rings. The van der Waals surface area contributed by atoms with Crippen LogP contribution in [-0.2, 0) is 6.73 Å². The summed E-state index contributed by atoms with van der Waals surface area (Å²) < 4.78 is 6.98. The van der Waals surface area contributed by atoms with E-state index in [1.165, 1.54) is 22.9 Å². The van der Waals surface area contributed by atoms with E-state index in [9.17, 15) is 14.9 Å². The molecule has 2 heterocycles. The van der Waals surface area contributed by atoms with Gasteiger partial charge in [-0.05, 0) is 45.1 Å². The predicted molar refractivity (Wildman–Crippen MR) is 98.9 cm³/mol. The van der Waals surface area contributed by atoms with Gasteiger partial charge in [-0.2, -0.15) is 5.10 Å². The Morgan fingerprint density at radius 1 is 1.41 bits per heavy atom. The summed E-state index contributed by atoms with van der Waals surface area (Å²) in [5.74, 6) is 0.0896. The van der Waals surface area contributed by atoms with Crippen LogP contribution in [-0.4, -0.2) is 51.7 Å². The average molecular weight is 394 g/mol. The number of amides is 1. The topological polar surface area (TPSA) is 103 Å². The van der Waals surface area contributed by atoms with Gasteiger partial charge in [-0.25, -0.2) is 4.68 Å². The Labute approximate surface area is 161 Å². The third-order valence-electron chi connectivity index (χ3n) is 4.41. The van der Waals surface area contributed by atoms with Crippen molar-refractivity contribution in [2.24, 2.45) is 0 Å². The van der Waals surface area contributed by atoms with Crippen LogP contribution in [0.1, 0.15) is 23.3 Å². The van der Waals surface area contributed by atoms with Crippen LogP contribution in [0.25, 0.3) is 0 Å². The minimum absolute atomic E-state index is 0.0268. The Balaban J connectivity index is 1.55. The molecular formula is C17H20ClN5O4. The zero-order chi connectivity index (χ0) is 19.4. The van der Waals surface area contributed by atoms with E-state index in [2.05, 4.69) is 22.4 Å². The number of nitrogens with one attached hydrogen (secondary N) is 1. The highest BCUT2D eigenvalue weighted by molar-refractivity contribution is 6.32. The number of benzene rings is 1. The van der Waals surface area contributed by atoms with Crippen molar-refractivity contribution in [1.29, 1.82) is 0 Å². The Morgan fingerprint density at radius 3 is 2.81 bits per heavy atom. The number of carbonyl (C=O) groups excluding carboxylic acids is 1. The van der Waals surface area contributed by atoms with E-state index in [0.717, 1.165) is 25.9 Å². The minimum atomic E-state index is -0.529. The first-order valence-corrected chi connectivity index (χ1v) is 8.90. The molecule has 9 nitrogen and oxygen atoms in total. The number of nitro groups is 1. The highest BCUT2D eigenvalue weighted by Crippen LogP contribution is 2.28. The first-order valence-electron chi connectivity index (χ1n) is 8.52. The van der Waals surface area contributed by atoms with Crippen molar-refractivity contribution < 1.29 is 14.5 Å². The van der Waals surface area contributed by atoms with Gasteiger partial charge in [0.15, 0.2) is 6.73 Å². The molecule has 1 aliphatic rings. The first-order chi connectivity index (χ1) is 12.9. The lowest BCUT2D eigenvalue weighted by Crippen LogP contribution is -2.43. The van der Waals surface area contributed by atoms with Gasteiger partial charge >= 0.3 is 0 Å². The second-order valence-corrected chi connectivity index (χ2v) is 6.84. The smallest absolute Gasteiger partial charge is 0.271 e. The van der Waals surface area contributed by atoms with Gasteiger partial charge in [-0.1, -0.05) is 11.6 Å². The number of halogens is 1. The Hall–Kier alpha value is -2.65. The van der Waals surface area contributed by atoms with Crippen molar-refractivity contribution >= 4 is 23.2 Å². The van der Waals surface area contributed by atoms with Crippen molar-refractivity contribution in [2.45, 2.75) is 25.6 Å². The number of piperidine rings is 1. The highest BCUT2D eigenvalue weighted by atomic mass is 35.5. The van der Waals surface area contributed by atoms with E-state index in [1.54, 1.807) is 12.3 Å².